The summed E-state index contributed by atoms with van der Waals surface area (Å²) in [7, 11) is 1.53. The zero-order valence-corrected chi connectivity index (χ0v) is 23.1. The van der Waals surface area contributed by atoms with E-state index in [1.54, 1.807) is 24.3 Å². The van der Waals surface area contributed by atoms with Crippen LogP contribution in [-0.2, 0) is 16.1 Å². The Balaban J connectivity index is 1.88. The Morgan fingerprint density at radius 2 is 2.00 bits per heavy atom. The number of hydrogen-bond acceptors (Lipinski definition) is 8. The molecule has 0 bridgehead atoms. The third-order valence-electron chi connectivity index (χ3n) is 6.21. The van der Waals surface area contributed by atoms with Gasteiger partial charge in [0.15, 0.2) is 0 Å². The van der Waals surface area contributed by atoms with Crippen LogP contribution in [0.15, 0.2) is 41.4 Å². The van der Waals surface area contributed by atoms with Gasteiger partial charge in [0.05, 0.1) is 43.8 Å². The highest BCUT2D eigenvalue weighted by molar-refractivity contribution is 6.30. The minimum atomic E-state index is -1.14. The van der Waals surface area contributed by atoms with Crippen LogP contribution in [-0.4, -0.2) is 60.1 Å². The molecule has 0 spiro atoms. The minimum Gasteiger partial charge on any atom is -0.496 e. The maximum atomic E-state index is 13.7. The van der Waals surface area contributed by atoms with E-state index in [2.05, 4.69) is 15.8 Å². The molecule has 2 aromatic rings. The average molecular weight is 560 g/mol. The van der Waals surface area contributed by atoms with E-state index in [4.69, 9.17) is 26.9 Å². The van der Waals surface area contributed by atoms with Crippen LogP contribution in [0.25, 0.3) is 0 Å². The number of nitrogens with zero attached hydrogens (tertiary/aromatic N) is 2. The number of imide groups is 1. The van der Waals surface area contributed by atoms with Crippen LogP contribution in [0, 0.1) is 5.92 Å². The number of carboxylic acid groups (broad SMARTS) is 1. The number of amidine groups is 1. The number of anilines is 1. The van der Waals surface area contributed by atoms with Crippen molar-refractivity contribution in [2.24, 2.45) is 10.9 Å². The number of aliphatic imine (C=N–C) groups is 1. The van der Waals surface area contributed by atoms with Gasteiger partial charge >= 0.3 is 12.0 Å². The molecule has 0 saturated carbocycles. The van der Waals surface area contributed by atoms with Gasteiger partial charge in [0.1, 0.15) is 11.6 Å². The molecule has 0 fully saturated rings. The minimum absolute atomic E-state index is 0.0287. The van der Waals surface area contributed by atoms with Crippen LogP contribution >= 0.6 is 11.6 Å². The lowest BCUT2D eigenvalue weighted by Gasteiger charge is -2.27. The van der Waals surface area contributed by atoms with E-state index in [0.717, 1.165) is 4.90 Å². The van der Waals surface area contributed by atoms with Crippen LogP contribution in [0.1, 0.15) is 54.7 Å². The summed E-state index contributed by atoms with van der Waals surface area (Å²) in [5.41, 5.74) is 10.1. The first kappa shape index (κ1) is 29.7. The van der Waals surface area contributed by atoms with Gasteiger partial charge in [0, 0.05) is 10.7 Å². The van der Waals surface area contributed by atoms with E-state index in [0.29, 0.717) is 34.2 Å². The summed E-state index contributed by atoms with van der Waals surface area (Å²) in [6.45, 7) is 5.52. The van der Waals surface area contributed by atoms with E-state index < -0.39 is 29.9 Å². The lowest BCUT2D eigenvalue weighted by Crippen LogP contribution is -2.50. The summed E-state index contributed by atoms with van der Waals surface area (Å²) in [4.78, 5) is 49.7. The number of hydrogen-bond donors (Lipinski definition) is 4. The summed E-state index contributed by atoms with van der Waals surface area (Å²) in [5, 5.41) is 12.6. The second-order valence-corrected chi connectivity index (χ2v) is 9.84. The molecule has 12 heteroatoms. The van der Waals surface area contributed by atoms with Crippen LogP contribution in [0.4, 0.5) is 10.5 Å². The van der Waals surface area contributed by atoms with Crippen LogP contribution in [0.2, 0.25) is 5.02 Å². The number of halogens is 1. The largest absolute Gasteiger partial charge is 0.496 e. The molecule has 3 amide bonds. The van der Waals surface area contributed by atoms with Crippen molar-refractivity contribution in [3.8, 4) is 5.75 Å². The second kappa shape index (κ2) is 13.3. The van der Waals surface area contributed by atoms with E-state index in [1.165, 1.54) is 19.2 Å². The van der Waals surface area contributed by atoms with Gasteiger partial charge in [-0.2, -0.15) is 0 Å². The van der Waals surface area contributed by atoms with Crippen LogP contribution in [0.5, 0.6) is 5.75 Å². The summed E-state index contributed by atoms with van der Waals surface area (Å²) in [5.74, 6) is -1.33. The number of methoxy groups -OCH3 is 1. The highest BCUT2D eigenvalue weighted by Gasteiger charge is 2.34. The molecule has 0 aromatic heterocycles. The number of nitrogens with two attached hydrogens (primary N) is 1. The third-order valence-corrected chi connectivity index (χ3v) is 6.44. The Morgan fingerprint density at radius 1 is 1.26 bits per heavy atom. The smallest absolute Gasteiger partial charge is 0.337 e. The Bertz CT molecular complexity index is 1250. The number of rotatable bonds is 9. The Kier molecular flexibility index (Phi) is 10.1. The molecule has 2 aromatic carbocycles. The quantitative estimate of drug-likeness (QED) is 0.267. The van der Waals surface area contributed by atoms with Crippen LogP contribution < -0.4 is 21.3 Å². The molecule has 0 unspecified atom stereocenters. The number of amides is 3. The molecule has 0 aliphatic carbocycles. The first-order valence-electron chi connectivity index (χ1n) is 12.6. The number of carbonyl (C=O) groups is 3. The number of carboxylic acids is 1. The monoisotopic (exact) mass is 559 g/mol. The van der Waals surface area contributed by atoms with Crippen molar-refractivity contribution in [3.05, 3.63) is 58.1 Å². The van der Waals surface area contributed by atoms with Gasteiger partial charge in [-0.3, -0.25) is 25.0 Å². The fourth-order valence-corrected chi connectivity index (χ4v) is 4.38. The number of carbonyl (C=O) groups excluding carboxylic acids is 2. The Morgan fingerprint density at radius 3 is 2.62 bits per heavy atom. The number of nitrogens with one attached hydrogen (secondary N) is 2. The number of ether oxygens (including phenoxy) is 1. The van der Waals surface area contributed by atoms with Crippen molar-refractivity contribution in [1.29, 1.82) is 0 Å². The summed E-state index contributed by atoms with van der Waals surface area (Å²) in [6.07, 6.45) is 0.556. The zero-order chi connectivity index (χ0) is 28.7. The standard InChI is InChI=1S/C27H34ClN5O6/c1-5-22(16-6-8-20(26(35)36)21(29)12-16)31-27(37)33-14-24(32-39-15(2)3)30-13-18(25(33)34)10-17-11-19(28)7-9-23(17)38-4/h6-9,11-12,15,18,22H,5,10,13-14,29H2,1-4H3,(H,30,32)(H,31,37)(H,35,36)/t18-,22+/m0/s1. The first-order chi connectivity index (χ1) is 18.5. The molecular formula is C27H34ClN5O6. The van der Waals surface area contributed by atoms with Crippen molar-refractivity contribution in [2.75, 3.05) is 25.9 Å². The van der Waals surface area contributed by atoms with E-state index in [1.807, 2.05) is 20.8 Å². The fraction of sp³-hybridized carbons (Fsp3) is 0.407. The molecule has 210 valence electrons. The second-order valence-electron chi connectivity index (χ2n) is 9.40. The molecule has 1 heterocycles. The van der Waals surface area contributed by atoms with Gasteiger partial charge in [-0.1, -0.05) is 24.6 Å². The third kappa shape index (κ3) is 7.61. The van der Waals surface area contributed by atoms with E-state index in [-0.39, 0.29) is 36.9 Å². The number of aromatic carboxylic acids is 1. The van der Waals surface area contributed by atoms with Crippen molar-refractivity contribution >= 4 is 41.0 Å². The lowest BCUT2D eigenvalue weighted by molar-refractivity contribution is -0.131. The van der Waals surface area contributed by atoms with Crippen molar-refractivity contribution < 1.29 is 29.1 Å². The van der Waals surface area contributed by atoms with Crippen LogP contribution in [0.3, 0.4) is 0 Å². The molecule has 1 aliphatic heterocycles. The molecule has 2 atom stereocenters. The number of hydroxylamine groups is 1. The number of nitrogen functional groups attached to an aromatic ring is 1. The average Bonchev–Trinajstić information content (AvgIpc) is 3.04. The first-order valence-corrected chi connectivity index (χ1v) is 12.9. The van der Waals surface area contributed by atoms with Gasteiger partial charge in [0.2, 0.25) is 5.91 Å². The molecule has 0 radical (unpaired) electrons. The van der Waals surface area contributed by atoms with Crippen molar-refractivity contribution in [2.45, 2.75) is 45.8 Å². The van der Waals surface area contributed by atoms with Gasteiger partial charge in [-0.15, -0.1) is 0 Å². The topological polar surface area (TPSA) is 156 Å². The van der Waals surface area contributed by atoms with Gasteiger partial charge < -0.3 is 20.9 Å². The maximum Gasteiger partial charge on any atom is 0.337 e. The Hall–Kier alpha value is -3.83. The molecule has 11 nitrogen and oxygen atoms in total. The predicted octanol–water partition coefficient (Wildman–Crippen LogP) is 3.82. The predicted molar refractivity (Wildman–Crippen MR) is 148 cm³/mol. The molecule has 1 aliphatic rings. The highest BCUT2D eigenvalue weighted by atomic mass is 35.5. The number of benzene rings is 2. The normalized spacial score (nSPS) is 16.4. The van der Waals surface area contributed by atoms with Gasteiger partial charge in [-0.25, -0.2) is 9.59 Å². The van der Waals surface area contributed by atoms with Crippen molar-refractivity contribution in [1.82, 2.24) is 15.7 Å². The number of urea groups is 1. The summed E-state index contributed by atoms with van der Waals surface area (Å²) < 4.78 is 5.44. The molecular weight excluding hydrogens is 526 g/mol. The summed E-state index contributed by atoms with van der Waals surface area (Å²) in [6, 6.07) is 8.50. The SMILES string of the molecule is CC[C@@H](NC(=O)N1CC(NOC(C)C)=NC[C@H](Cc2cc(Cl)ccc2OC)C1=O)c1ccc(C(=O)O)c(N)c1. The lowest BCUT2D eigenvalue weighted by atomic mass is 9.97. The summed E-state index contributed by atoms with van der Waals surface area (Å²) >= 11 is 6.19. The highest BCUT2D eigenvalue weighted by Crippen LogP contribution is 2.27. The molecule has 0 saturated heterocycles. The van der Waals surface area contributed by atoms with Crippen molar-refractivity contribution in [3.63, 3.8) is 0 Å². The van der Waals surface area contributed by atoms with Gasteiger partial charge in [-0.05, 0) is 68.1 Å². The molecule has 5 N–H and O–H groups in total. The molecule has 39 heavy (non-hydrogen) atoms. The van der Waals surface area contributed by atoms with Gasteiger partial charge in [0.25, 0.3) is 0 Å². The zero-order valence-electron chi connectivity index (χ0n) is 22.4. The fourth-order valence-electron chi connectivity index (χ4n) is 4.18. The molecule has 3 rings (SSSR count). The Labute approximate surface area is 232 Å². The van der Waals surface area contributed by atoms with E-state index in [9.17, 15) is 19.5 Å². The maximum absolute atomic E-state index is 13.7. The van der Waals surface area contributed by atoms with E-state index >= 15 is 0 Å².